The van der Waals surface area contributed by atoms with E-state index < -0.39 is 0 Å². The highest BCUT2D eigenvalue weighted by atomic mass is 35.5. The molecule has 1 aromatic rings. The van der Waals surface area contributed by atoms with Crippen LogP contribution in [0.1, 0.15) is 18.2 Å². The third-order valence-corrected chi connectivity index (χ3v) is 1.77. The molecule has 0 saturated heterocycles. The molecule has 62 valence electrons. The first-order valence-electron chi connectivity index (χ1n) is 3.48. The fourth-order valence-corrected chi connectivity index (χ4v) is 1.13. The van der Waals surface area contributed by atoms with Crippen LogP contribution in [0.15, 0.2) is 18.3 Å². The van der Waals surface area contributed by atoms with Crippen LogP contribution in [0.2, 0.25) is 5.02 Å². The van der Waals surface area contributed by atoms with Gasteiger partial charge >= 0.3 is 0 Å². The Morgan fingerprint density at radius 2 is 2.50 bits per heavy atom. The molecule has 0 aromatic carbocycles. The summed E-state index contributed by atoms with van der Waals surface area (Å²) in [6, 6.07) is 5.02. The van der Waals surface area contributed by atoms with Gasteiger partial charge in [-0.25, -0.2) is 0 Å². The van der Waals surface area contributed by atoms with E-state index in [1.54, 1.807) is 18.3 Å². The Balaban J connectivity index is 2.88. The second kappa shape index (κ2) is 4.05. The van der Waals surface area contributed by atoms with Crippen LogP contribution in [0.3, 0.4) is 0 Å². The van der Waals surface area contributed by atoms with Gasteiger partial charge in [-0.2, -0.15) is 5.26 Å². The number of aromatic nitrogens is 1. The number of hydrogen-bond donors (Lipinski definition) is 1. The summed E-state index contributed by atoms with van der Waals surface area (Å²) in [7, 11) is 0. The molecule has 0 spiro atoms. The summed E-state index contributed by atoms with van der Waals surface area (Å²) in [5.74, 6) is 0. The monoisotopic (exact) mass is 181 g/mol. The number of halogens is 1. The Morgan fingerprint density at radius 1 is 1.75 bits per heavy atom. The molecule has 4 heteroatoms. The molecule has 0 unspecified atom stereocenters. The highest BCUT2D eigenvalue weighted by Crippen LogP contribution is 2.19. The molecule has 0 amide bonds. The molecular weight excluding hydrogens is 174 g/mol. The van der Waals surface area contributed by atoms with Crippen molar-refractivity contribution in [2.24, 2.45) is 5.73 Å². The molecule has 1 rings (SSSR count). The molecule has 0 bridgehead atoms. The van der Waals surface area contributed by atoms with Gasteiger partial charge in [-0.3, -0.25) is 4.98 Å². The van der Waals surface area contributed by atoms with Gasteiger partial charge in [0.2, 0.25) is 0 Å². The first kappa shape index (κ1) is 8.98. The van der Waals surface area contributed by atoms with Crippen molar-refractivity contribution >= 4 is 11.6 Å². The molecule has 0 fully saturated rings. The van der Waals surface area contributed by atoms with Gasteiger partial charge in [0.25, 0.3) is 0 Å². The van der Waals surface area contributed by atoms with Gasteiger partial charge in [0, 0.05) is 6.20 Å². The van der Waals surface area contributed by atoms with E-state index in [1.165, 1.54) is 0 Å². The van der Waals surface area contributed by atoms with Crippen molar-refractivity contribution in [3.8, 4) is 6.07 Å². The Labute approximate surface area is 75.8 Å². The van der Waals surface area contributed by atoms with Gasteiger partial charge in [-0.15, -0.1) is 0 Å². The summed E-state index contributed by atoms with van der Waals surface area (Å²) in [6.07, 6.45) is 1.84. The van der Waals surface area contributed by atoms with E-state index in [9.17, 15) is 0 Å². The van der Waals surface area contributed by atoms with Crippen LogP contribution in [-0.2, 0) is 0 Å². The van der Waals surface area contributed by atoms with Gasteiger partial charge in [-0.1, -0.05) is 11.6 Å². The average molecular weight is 182 g/mol. The Bertz CT molecular complexity index is 305. The molecule has 0 radical (unpaired) electrons. The second-order valence-corrected chi connectivity index (χ2v) is 2.75. The lowest BCUT2D eigenvalue weighted by molar-refractivity contribution is 0.720. The first-order valence-corrected chi connectivity index (χ1v) is 3.86. The summed E-state index contributed by atoms with van der Waals surface area (Å²) < 4.78 is 0. The van der Waals surface area contributed by atoms with E-state index >= 15 is 0 Å². The third-order valence-electron chi connectivity index (χ3n) is 1.45. The molecule has 2 N–H and O–H groups in total. The van der Waals surface area contributed by atoms with Gasteiger partial charge in [0.15, 0.2) is 0 Å². The molecule has 0 aliphatic rings. The quantitative estimate of drug-likeness (QED) is 0.755. The minimum Gasteiger partial charge on any atom is -0.322 e. The van der Waals surface area contributed by atoms with E-state index in [-0.39, 0.29) is 12.5 Å². The molecule has 3 nitrogen and oxygen atoms in total. The zero-order chi connectivity index (χ0) is 8.97. The topological polar surface area (TPSA) is 62.7 Å². The van der Waals surface area contributed by atoms with Crippen LogP contribution in [0.5, 0.6) is 0 Å². The first-order chi connectivity index (χ1) is 5.75. The Kier molecular flexibility index (Phi) is 3.03. The largest absolute Gasteiger partial charge is 0.322 e. The smallest absolute Gasteiger partial charge is 0.0767 e. The van der Waals surface area contributed by atoms with Crippen molar-refractivity contribution in [2.45, 2.75) is 12.5 Å². The fraction of sp³-hybridized carbons (Fsp3) is 0.250. The lowest BCUT2D eigenvalue weighted by Crippen LogP contribution is -2.11. The fourth-order valence-electron chi connectivity index (χ4n) is 0.866. The number of nitrogens with two attached hydrogens (primary N) is 1. The van der Waals surface area contributed by atoms with Crippen LogP contribution >= 0.6 is 11.6 Å². The maximum absolute atomic E-state index is 8.39. The molecule has 1 heterocycles. The predicted octanol–water partition coefficient (Wildman–Crippen LogP) is 1.65. The van der Waals surface area contributed by atoms with E-state index in [1.807, 2.05) is 6.07 Å². The van der Waals surface area contributed by atoms with Crippen molar-refractivity contribution in [1.29, 1.82) is 5.26 Å². The van der Waals surface area contributed by atoms with Gasteiger partial charge in [-0.05, 0) is 12.1 Å². The van der Waals surface area contributed by atoms with Gasteiger partial charge in [0.05, 0.1) is 29.2 Å². The molecule has 12 heavy (non-hydrogen) atoms. The van der Waals surface area contributed by atoms with E-state index in [0.717, 1.165) is 0 Å². The van der Waals surface area contributed by atoms with Crippen molar-refractivity contribution in [3.05, 3.63) is 29.0 Å². The summed E-state index contributed by atoms with van der Waals surface area (Å²) in [4.78, 5) is 3.99. The number of nitrogens with zero attached hydrogens (tertiary/aromatic N) is 2. The molecule has 1 aromatic heterocycles. The predicted molar refractivity (Wildman–Crippen MR) is 46.4 cm³/mol. The summed E-state index contributed by atoms with van der Waals surface area (Å²) in [5, 5.41) is 8.90. The highest BCUT2D eigenvalue weighted by Gasteiger charge is 2.09. The zero-order valence-electron chi connectivity index (χ0n) is 6.37. The second-order valence-electron chi connectivity index (χ2n) is 2.34. The van der Waals surface area contributed by atoms with Crippen LogP contribution in [0, 0.1) is 11.3 Å². The standard InChI is InChI=1S/C8H8ClN3/c9-6-2-1-5-12-8(6)7(11)3-4-10/h1-2,5,7H,3,11H2/t7-/m1/s1. The third kappa shape index (κ3) is 1.94. The summed E-state index contributed by atoms with van der Waals surface area (Å²) in [6.45, 7) is 0. The van der Waals surface area contributed by atoms with E-state index in [4.69, 9.17) is 22.6 Å². The lowest BCUT2D eigenvalue weighted by atomic mass is 10.1. The van der Waals surface area contributed by atoms with Crippen LogP contribution in [-0.4, -0.2) is 4.98 Å². The number of nitriles is 1. The van der Waals surface area contributed by atoms with Crippen molar-refractivity contribution in [1.82, 2.24) is 4.98 Å². The van der Waals surface area contributed by atoms with Crippen LogP contribution in [0.25, 0.3) is 0 Å². The maximum Gasteiger partial charge on any atom is 0.0767 e. The minimum absolute atomic E-state index is 0.233. The summed E-state index contributed by atoms with van der Waals surface area (Å²) >= 11 is 5.80. The van der Waals surface area contributed by atoms with E-state index in [2.05, 4.69) is 4.98 Å². The molecule has 1 atom stereocenters. The number of pyridine rings is 1. The van der Waals surface area contributed by atoms with E-state index in [0.29, 0.717) is 10.7 Å². The molecular formula is C8H8ClN3. The lowest BCUT2D eigenvalue weighted by Gasteiger charge is -2.07. The normalized spacial score (nSPS) is 12.1. The van der Waals surface area contributed by atoms with Crippen molar-refractivity contribution in [3.63, 3.8) is 0 Å². The molecule has 0 aliphatic carbocycles. The van der Waals surface area contributed by atoms with Crippen LogP contribution in [0.4, 0.5) is 0 Å². The minimum atomic E-state index is -0.385. The Hall–Kier alpha value is -1.11. The highest BCUT2D eigenvalue weighted by molar-refractivity contribution is 6.31. The van der Waals surface area contributed by atoms with Gasteiger partial charge in [0.1, 0.15) is 0 Å². The summed E-state index contributed by atoms with van der Waals surface area (Å²) in [5.41, 5.74) is 6.22. The average Bonchev–Trinajstić information content (AvgIpc) is 2.05. The zero-order valence-corrected chi connectivity index (χ0v) is 7.12. The van der Waals surface area contributed by atoms with Crippen LogP contribution < -0.4 is 5.73 Å². The molecule has 0 aliphatic heterocycles. The van der Waals surface area contributed by atoms with Gasteiger partial charge < -0.3 is 5.73 Å². The SMILES string of the molecule is N#CC[C@@H](N)c1ncccc1Cl. The number of rotatable bonds is 2. The number of hydrogen-bond acceptors (Lipinski definition) is 3. The maximum atomic E-state index is 8.39. The van der Waals surface area contributed by atoms with Crippen molar-refractivity contribution < 1.29 is 0 Å². The Morgan fingerprint density at radius 3 is 3.08 bits per heavy atom. The molecule has 0 saturated carbocycles. The van der Waals surface area contributed by atoms with Crippen molar-refractivity contribution in [2.75, 3.05) is 0 Å².